The Morgan fingerprint density at radius 1 is 1.35 bits per heavy atom. The molecule has 1 aromatic carbocycles. The van der Waals surface area contributed by atoms with Gasteiger partial charge in [-0.25, -0.2) is 9.78 Å². The molecule has 1 unspecified atom stereocenters. The third kappa shape index (κ3) is 5.29. The third-order valence-electron chi connectivity index (χ3n) is 5.00. The van der Waals surface area contributed by atoms with Crippen LogP contribution in [0.1, 0.15) is 35.5 Å². The zero-order valence-corrected chi connectivity index (χ0v) is 16.0. The molecule has 6 heteroatoms. The first kappa shape index (κ1) is 18.9. The number of amides is 2. The van der Waals surface area contributed by atoms with Crippen LogP contribution in [0.15, 0.2) is 35.7 Å². The summed E-state index contributed by atoms with van der Waals surface area (Å²) in [6.07, 6.45) is 3.11. The normalized spacial score (nSPS) is 16.5. The molecule has 0 radical (unpaired) electrons. The van der Waals surface area contributed by atoms with Gasteiger partial charge in [-0.1, -0.05) is 30.3 Å². The van der Waals surface area contributed by atoms with E-state index in [1.807, 2.05) is 35.4 Å². The molecule has 1 atom stereocenters. The van der Waals surface area contributed by atoms with Crippen molar-refractivity contribution < 1.29 is 9.90 Å². The van der Waals surface area contributed by atoms with Crippen LogP contribution in [0.3, 0.4) is 0 Å². The van der Waals surface area contributed by atoms with E-state index in [-0.39, 0.29) is 18.1 Å². The Kier molecular flexibility index (Phi) is 6.63. The van der Waals surface area contributed by atoms with Gasteiger partial charge in [-0.3, -0.25) is 0 Å². The summed E-state index contributed by atoms with van der Waals surface area (Å²) in [6, 6.07) is 10.2. The van der Waals surface area contributed by atoms with E-state index >= 15 is 0 Å². The number of aliphatic hydroxyl groups excluding tert-OH is 1. The van der Waals surface area contributed by atoms with Gasteiger partial charge in [-0.2, -0.15) is 0 Å². The summed E-state index contributed by atoms with van der Waals surface area (Å²) in [4.78, 5) is 18.5. The van der Waals surface area contributed by atoms with E-state index in [2.05, 4.69) is 22.4 Å². The topological polar surface area (TPSA) is 65.5 Å². The van der Waals surface area contributed by atoms with Gasteiger partial charge in [-0.15, -0.1) is 11.3 Å². The van der Waals surface area contributed by atoms with Crippen molar-refractivity contribution in [2.75, 3.05) is 13.1 Å². The molecular formula is C20H27N3O2S. The Bertz CT molecular complexity index is 696. The van der Waals surface area contributed by atoms with Crippen molar-refractivity contribution in [2.45, 2.75) is 45.3 Å². The number of carbonyl (C=O) groups is 1. The summed E-state index contributed by atoms with van der Waals surface area (Å²) in [5.41, 5.74) is 2.25. The highest BCUT2D eigenvalue weighted by Gasteiger charge is 2.27. The summed E-state index contributed by atoms with van der Waals surface area (Å²) in [5, 5.41) is 16.4. The quantitative estimate of drug-likeness (QED) is 0.816. The number of aliphatic hydroxyl groups is 1. The number of urea groups is 1. The van der Waals surface area contributed by atoms with Crippen molar-refractivity contribution in [3.8, 4) is 0 Å². The zero-order chi connectivity index (χ0) is 18.4. The number of likely N-dealkylation sites (tertiary alicyclic amines) is 1. The fraction of sp³-hybridized carbons (Fsp3) is 0.500. The molecule has 1 aliphatic rings. The zero-order valence-electron chi connectivity index (χ0n) is 15.2. The number of hydrogen-bond acceptors (Lipinski definition) is 4. The minimum absolute atomic E-state index is 0.0323. The highest BCUT2D eigenvalue weighted by atomic mass is 32.1. The molecule has 1 fully saturated rings. The number of rotatable bonds is 6. The lowest BCUT2D eigenvalue weighted by Gasteiger charge is -2.34. The molecule has 1 saturated heterocycles. The van der Waals surface area contributed by atoms with Crippen molar-refractivity contribution in [3.05, 3.63) is 52.0 Å². The van der Waals surface area contributed by atoms with Gasteiger partial charge in [0, 0.05) is 24.2 Å². The number of nitrogens with zero attached hydrogens (tertiary/aromatic N) is 2. The van der Waals surface area contributed by atoms with E-state index in [0.717, 1.165) is 36.4 Å². The standard InChI is InChI=1S/C20H27N3O2S/c1-15-14-26-19(22-15)13-21-20(25)23-11-9-17(10-12-23)18(24)8-7-16-5-3-2-4-6-16/h2-6,14,17-18,24H,7-13H2,1H3,(H,21,25). The van der Waals surface area contributed by atoms with E-state index in [9.17, 15) is 9.90 Å². The third-order valence-corrected chi connectivity index (χ3v) is 5.97. The van der Waals surface area contributed by atoms with Crippen molar-refractivity contribution >= 4 is 17.4 Å². The molecule has 0 saturated carbocycles. The van der Waals surface area contributed by atoms with Crippen LogP contribution in [0.4, 0.5) is 4.79 Å². The van der Waals surface area contributed by atoms with Gasteiger partial charge in [0.15, 0.2) is 0 Å². The number of thiazole rings is 1. The first-order chi connectivity index (χ1) is 12.6. The number of aryl methyl sites for hydroxylation is 2. The van der Waals surface area contributed by atoms with Crippen molar-refractivity contribution in [1.82, 2.24) is 15.2 Å². The van der Waals surface area contributed by atoms with E-state index in [0.29, 0.717) is 19.6 Å². The number of piperidine rings is 1. The van der Waals surface area contributed by atoms with Crippen molar-refractivity contribution in [1.29, 1.82) is 0 Å². The van der Waals surface area contributed by atoms with Gasteiger partial charge >= 0.3 is 6.03 Å². The average molecular weight is 374 g/mol. The van der Waals surface area contributed by atoms with Gasteiger partial charge < -0.3 is 15.3 Å². The van der Waals surface area contributed by atoms with Crippen LogP contribution >= 0.6 is 11.3 Å². The lowest BCUT2D eigenvalue weighted by Crippen LogP contribution is -2.45. The molecular weight excluding hydrogens is 346 g/mol. The van der Waals surface area contributed by atoms with Gasteiger partial charge in [0.1, 0.15) is 5.01 Å². The molecule has 2 heterocycles. The van der Waals surface area contributed by atoms with Gasteiger partial charge in [0.25, 0.3) is 0 Å². The first-order valence-electron chi connectivity index (χ1n) is 9.27. The van der Waals surface area contributed by atoms with Crippen LogP contribution in [0.5, 0.6) is 0 Å². The van der Waals surface area contributed by atoms with Gasteiger partial charge in [0.2, 0.25) is 0 Å². The smallest absolute Gasteiger partial charge is 0.317 e. The van der Waals surface area contributed by atoms with E-state index in [4.69, 9.17) is 0 Å². The van der Waals surface area contributed by atoms with Gasteiger partial charge in [0.05, 0.1) is 12.6 Å². The Morgan fingerprint density at radius 3 is 2.73 bits per heavy atom. The molecule has 3 rings (SSSR count). The Morgan fingerprint density at radius 2 is 2.08 bits per heavy atom. The first-order valence-corrected chi connectivity index (χ1v) is 10.2. The fourth-order valence-electron chi connectivity index (χ4n) is 3.43. The number of carbonyl (C=O) groups excluding carboxylic acids is 1. The monoisotopic (exact) mass is 373 g/mol. The Labute approximate surface area is 159 Å². The van der Waals surface area contributed by atoms with E-state index in [1.165, 1.54) is 5.56 Å². The molecule has 5 nitrogen and oxygen atoms in total. The summed E-state index contributed by atoms with van der Waals surface area (Å²) in [5.74, 6) is 0.282. The van der Waals surface area contributed by atoms with E-state index < -0.39 is 0 Å². The average Bonchev–Trinajstić information content (AvgIpc) is 3.10. The lowest BCUT2D eigenvalue weighted by atomic mass is 9.88. The molecule has 0 bridgehead atoms. The molecule has 0 aliphatic carbocycles. The lowest BCUT2D eigenvalue weighted by molar-refractivity contribution is 0.0610. The maximum absolute atomic E-state index is 12.3. The number of aromatic nitrogens is 1. The molecule has 1 aliphatic heterocycles. The minimum Gasteiger partial charge on any atom is -0.393 e. The van der Waals surface area contributed by atoms with Crippen LogP contribution in [0, 0.1) is 12.8 Å². The number of nitrogens with one attached hydrogen (secondary N) is 1. The predicted molar refractivity (Wildman–Crippen MR) is 104 cm³/mol. The van der Waals surface area contributed by atoms with Gasteiger partial charge in [-0.05, 0) is 44.1 Å². The summed E-state index contributed by atoms with van der Waals surface area (Å²) < 4.78 is 0. The molecule has 2 N–H and O–H groups in total. The second-order valence-corrected chi connectivity index (χ2v) is 7.90. The van der Waals surface area contributed by atoms with Crippen LogP contribution in [0.2, 0.25) is 0 Å². The highest BCUT2D eigenvalue weighted by molar-refractivity contribution is 7.09. The van der Waals surface area contributed by atoms with Crippen molar-refractivity contribution in [2.24, 2.45) is 5.92 Å². The van der Waals surface area contributed by atoms with Crippen LogP contribution < -0.4 is 5.32 Å². The molecule has 0 spiro atoms. The maximum Gasteiger partial charge on any atom is 0.317 e. The van der Waals surface area contributed by atoms with Crippen molar-refractivity contribution in [3.63, 3.8) is 0 Å². The maximum atomic E-state index is 12.3. The molecule has 140 valence electrons. The molecule has 2 aromatic rings. The second kappa shape index (κ2) is 9.14. The van der Waals surface area contributed by atoms with Crippen LogP contribution in [-0.2, 0) is 13.0 Å². The highest BCUT2D eigenvalue weighted by Crippen LogP contribution is 2.23. The second-order valence-electron chi connectivity index (χ2n) is 6.96. The predicted octanol–water partition coefficient (Wildman–Crippen LogP) is 3.37. The number of benzene rings is 1. The van der Waals surface area contributed by atoms with Crippen LogP contribution in [0.25, 0.3) is 0 Å². The Hall–Kier alpha value is -1.92. The molecule has 26 heavy (non-hydrogen) atoms. The Balaban J connectivity index is 1.38. The minimum atomic E-state index is -0.293. The summed E-state index contributed by atoms with van der Waals surface area (Å²) in [7, 11) is 0. The number of hydrogen-bond donors (Lipinski definition) is 2. The molecule has 2 amide bonds. The summed E-state index contributed by atoms with van der Waals surface area (Å²) in [6.45, 7) is 3.85. The SMILES string of the molecule is Cc1csc(CNC(=O)N2CCC(C(O)CCc3ccccc3)CC2)n1. The fourth-order valence-corrected chi connectivity index (χ4v) is 4.14. The van der Waals surface area contributed by atoms with E-state index in [1.54, 1.807) is 11.3 Å². The largest absolute Gasteiger partial charge is 0.393 e. The summed E-state index contributed by atoms with van der Waals surface area (Å²) >= 11 is 1.57. The molecule has 1 aromatic heterocycles. The van der Waals surface area contributed by atoms with Crippen LogP contribution in [-0.4, -0.2) is 40.2 Å².